The van der Waals surface area contributed by atoms with Gasteiger partial charge in [0, 0.05) is 6.04 Å². The Labute approximate surface area is 92.8 Å². The highest BCUT2D eigenvalue weighted by Crippen LogP contribution is 2.22. The molecule has 0 aromatic heterocycles. The Morgan fingerprint density at radius 1 is 1.27 bits per heavy atom. The molecule has 1 heterocycles. The van der Waals surface area contributed by atoms with E-state index in [0.717, 1.165) is 25.9 Å². The number of hydrogen-bond donors (Lipinski definition) is 0. The van der Waals surface area contributed by atoms with Crippen LogP contribution in [0.25, 0.3) is 0 Å². The summed E-state index contributed by atoms with van der Waals surface area (Å²) in [5.74, 6) is 0.775. The van der Waals surface area contributed by atoms with E-state index in [1.807, 2.05) is 0 Å². The van der Waals surface area contributed by atoms with Crippen LogP contribution in [0.2, 0.25) is 0 Å². The first-order valence-electron chi connectivity index (χ1n) is 5.88. The van der Waals surface area contributed by atoms with Gasteiger partial charge in [-0.1, -0.05) is 13.8 Å². The van der Waals surface area contributed by atoms with E-state index in [4.69, 9.17) is 4.74 Å². The standard InChI is InChI=1S/C12H23NO2/c1-9(2)10(3)13-7-5-11(6-8-13)12(14)15-4/h9-11H,5-8H2,1-4H3. The molecule has 15 heavy (non-hydrogen) atoms. The van der Waals surface area contributed by atoms with E-state index >= 15 is 0 Å². The molecule has 88 valence electrons. The van der Waals surface area contributed by atoms with Crippen LogP contribution in [0, 0.1) is 11.8 Å². The zero-order valence-corrected chi connectivity index (χ0v) is 10.3. The Balaban J connectivity index is 2.39. The van der Waals surface area contributed by atoms with Crippen LogP contribution in [-0.2, 0) is 9.53 Å². The minimum absolute atomic E-state index is 0.0353. The first-order chi connectivity index (χ1) is 7.06. The normalized spacial score (nSPS) is 21.7. The van der Waals surface area contributed by atoms with E-state index < -0.39 is 0 Å². The predicted molar refractivity (Wildman–Crippen MR) is 60.6 cm³/mol. The molecule has 0 bridgehead atoms. The third-order valence-corrected chi connectivity index (χ3v) is 3.60. The lowest BCUT2D eigenvalue weighted by molar-refractivity contribution is -0.147. The van der Waals surface area contributed by atoms with Crippen LogP contribution in [0.3, 0.4) is 0 Å². The number of piperidine rings is 1. The van der Waals surface area contributed by atoms with Gasteiger partial charge in [-0.2, -0.15) is 0 Å². The third kappa shape index (κ3) is 3.20. The molecule has 1 aliphatic heterocycles. The van der Waals surface area contributed by atoms with Crippen molar-refractivity contribution in [2.75, 3.05) is 20.2 Å². The lowest BCUT2D eigenvalue weighted by atomic mass is 9.94. The second-order valence-corrected chi connectivity index (χ2v) is 4.82. The number of ether oxygens (including phenoxy) is 1. The number of methoxy groups -OCH3 is 1. The summed E-state index contributed by atoms with van der Waals surface area (Å²) >= 11 is 0. The van der Waals surface area contributed by atoms with Gasteiger partial charge >= 0.3 is 5.97 Å². The van der Waals surface area contributed by atoms with Crippen LogP contribution in [0.15, 0.2) is 0 Å². The highest BCUT2D eigenvalue weighted by molar-refractivity contribution is 5.72. The quantitative estimate of drug-likeness (QED) is 0.671. The molecule has 1 rings (SSSR count). The van der Waals surface area contributed by atoms with E-state index in [2.05, 4.69) is 25.7 Å². The SMILES string of the molecule is COC(=O)C1CCN(C(C)C(C)C)CC1. The zero-order valence-electron chi connectivity index (χ0n) is 10.3. The van der Waals surface area contributed by atoms with Gasteiger partial charge in [0.1, 0.15) is 0 Å². The molecule has 3 heteroatoms. The molecule has 1 aliphatic rings. The Hall–Kier alpha value is -0.570. The first kappa shape index (κ1) is 12.5. The van der Waals surface area contributed by atoms with Gasteiger partial charge in [0.15, 0.2) is 0 Å². The molecular formula is C12H23NO2. The van der Waals surface area contributed by atoms with Crippen LogP contribution in [-0.4, -0.2) is 37.1 Å². The van der Waals surface area contributed by atoms with Crippen LogP contribution in [0.5, 0.6) is 0 Å². The average molecular weight is 213 g/mol. The zero-order chi connectivity index (χ0) is 11.4. The Bertz CT molecular complexity index is 208. The Morgan fingerprint density at radius 3 is 2.20 bits per heavy atom. The average Bonchev–Trinajstić information content (AvgIpc) is 2.27. The lowest BCUT2D eigenvalue weighted by Crippen LogP contribution is -2.43. The van der Waals surface area contributed by atoms with Gasteiger partial charge in [-0.15, -0.1) is 0 Å². The maximum Gasteiger partial charge on any atom is 0.308 e. The number of nitrogens with zero attached hydrogens (tertiary/aromatic N) is 1. The van der Waals surface area contributed by atoms with E-state index in [9.17, 15) is 4.79 Å². The van der Waals surface area contributed by atoms with Gasteiger partial charge in [0.05, 0.1) is 13.0 Å². The maximum absolute atomic E-state index is 11.3. The van der Waals surface area contributed by atoms with Crippen LogP contribution in [0.4, 0.5) is 0 Å². The fourth-order valence-corrected chi connectivity index (χ4v) is 2.13. The van der Waals surface area contributed by atoms with Gasteiger partial charge in [-0.05, 0) is 38.8 Å². The summed E-state index contributed by atoms with van der Waals surface area (Å²) in [6.45, 7) is 8.81. The van der Waals surface area contributed by atoms with Crippen molar-refractivity contribution in [1.29, 1.82) is 0 Å². The molecule has 0 aliphatic carbocycles. The summed E-state index contributed by atoms with van der Waals surface area (Å²) in [6.07, 6.45) is 1.90. The van der Waals surface area contributed by atoms with Crippen molar-refractivity contribution in [2.24, 2.45) is 11.8 Å². The smallest absolute Gasteiger partial charge is 0.308 e. The van der Waals surface area contributed by atoms with Crippen LogP contribution < -0.4 is 0 Å². The van der Waals surface area contributed by atoms with Crippen LogP contribution in [0.1, 0.15) is 33.6 Å². The number of rotatable bonds is 3. The highest BCUT2D eigenvalue weighted by Gasteiger charge is 2.28. The predicted octanol–water partition coefficient (Wildman–Crippen LogP) is 1.92. The minimum Gasteiger partial charge on any atom is -0.469 e. The van der Waals surface area contributed by atoms with E-state index in [1.165, 1.54) is 7.11 Å². The highest BCUT2D eigenvalue weighted by atomic mass is 16.5. The molecule has 0 amide bonds. The van der Waals surface area contributed by atoms with Crippen LogP contribution >= 0.6 is 0 Å². The maximum atomic E-state index is 11.3. The number of carbonyl (C=O) groups is 1. The first-order valence-corrected chi connectivity index (χ1v) is 5.88. The van der Waals surface area contributed by atoms with Crippen molar-refractivity contribution in [3.63, 3.8) is 0 Å². The fraction of sp³-hybridized carbons (Fsp3) is 0.917. The van der Waals surface area contributed by atoms with E-state index in [-0.39, 0.29) is 11.9 Å². The summed E-state index contributed by atoms with van der Waals surface area (Å²) in [6, 6.07) is 0.614. The number of hydrogen-bond acceptors (Lipinski definition) is 3. The second kappa shape index (κ2) is 5.50. The van der Waals surface area contributed by atoms with Gasteiger partial charge < -0.3 is 9.64 Å². The molecular weight excluding hydrogens is 190 g/mol. The second-order valence-electron chi connectivity index (χ2n) is 4.82. The largest absolute Gasteiger partial charge is 0.469 e. The number of carbonyl (C=O) groups excluding carboxylic acids is 1. The summed E-state index contributed by atoms with van der Waals surface area (Å²) in [5.41, 5.74) is 0. The van der Waals surface area contributed by atoms with E-state index in [1.54, 1.807) is 0 Å². The van der Waals surface area contributed by atoms with Crippen molar-refractivity contribution in [2.45, 2.75) is 39.7 Å². The minimum atomic E-state index is -0.0353. The van der Waals surface area contributed by atoms with Crippen molar-refractivity contribution in [1.82, 2.24) is 4.90 Å². The number of esters is 1. The monoisotopic (exact) mass is 213 g/mol. The lowest BCUT2D eigenvalue weighted by Gasteiger charge is -2.36. The van der Waals surface area contributed by atoms with Gasteiger partial charge in [0.25, 0.3) is 0 Å². The molecule has 1 fully saturated rings. The molecule has 3 nitrogen and oxygen atoms in total. The Kier molecular flexibility index (Phi) is 4.58. The van der Waals surface area contributed by atoms with Crippen molar-refractivity contribution in [3.8, 4) is 0 Å². The summed E-state index contributed by atoms with van der Waals surface area (Å²) in [7, 11) is 1.48. The molecule has 0 spiro atoms. The molecule has 1 saturated heterocycles. The molecule has 0 saturated carbocycles. The van der Waals surface area contributed by atoms with Gasteiger partial charge in [-0.25, -0.2) is 0 Å². The van der Waals surface area contributed by atoms with Gasteiger partial charge in [-0.3, -0.25) is 4.79 Å². The molecule has 1 unspecified atom stereocenters. The summed E-state index contributed by atoms with van der Waals surface area (Å²) in [4.78, 5) is 13.8. The molecule has 0 aromatic rings. The summed E-state index contributed by atoms with van der Waals surface area (Å²) in [5, 5.41) is 0. The topological polar surface area (TPSA) is 29.5 Å². The van der Waals surface area contributed by atoms with Crippen molar-refractivity contribution >= 4 is 5.97 Å². The fourth-order valence-electron chi connectivity index (χ4n) is 2.13. The molecule has 1 atom stereocenters. The number of likely N-dealkylation sites (tertiary alicyclic amines) is 1. The summed E-state index contributed by atoms with van der Waals surface area (Å²) < 4.78 is 4.78. The van der Waals surface area contributed by atoms with Gasteiger partial charge in [0.2, 0.25) is 0 Å². The molecule has 0 N–H and O–H groups in total. The molecule has 0 radical (unpaired) electrons. The van der Waals surface area contributed by atoms with Crippen molar-refractivity contribution < 1.29 is 9.53 Å². The molecule has 0 aromatic carbocycles. The third-order valence-electron chi connectivity index (χ3n) is 3.60. The Morgan fingerprint density at radius 2 is 1.80 bits per heavy atom. The van der Waals surface area contributed by atoms with Crippen molar-refractivity contribution in [3.05, 3.63) is 0 Å². The van der Waals surface area contributed by atoms with E-state index in [0.29, 0.717) is 12.0 Å².